The van der Waals surface area contributed by atoms with Gasteiger partial charge >= 0.3 is 6.55 Å². The summed E-state index contributed by atoms with van der Waals surface area (Å²) in [5.74, 6) is 0.619. The smallest absolute Gasteiger partial charge is 0.333 e. The maximum atomic E-state index is 12.9. The van der Waals surface area contributed by atoms with Crippen LogP contribution in [0.25, 0.3) is 16.6 Å². The van der Waals surface area contributed by atoms with Crippen LogP contribution >= 0.6 is 0 Å². The van der Waals surface area contributed by atoms with Gasteiger partial charge < -0.3 is 9.80 Å². The number of amides is 1. The molecule has 3 aromatic heterocycles. The monoisotopic (exact) mass is 438 g/mol. The first kappa shape index (κ1) is 19.2. The largest absolute Gasteiger partial charge is 0.351 e. The summed E-state index contributed by atoms with van der Waals surface area (Å²) in [4.78, 5) is 21.6. The van der Waals surface area contributed by atoms with Crippen molar-refractivity contribution in [3.63, 3.8) is 0 Å². The van der Waals surface area contributed by atoms with E-state index in [1.165, 1.54) is 18.7 Å². The molecular weight excluding hydrogens is 418 g/mol. The van der Waals surface area contributed by atoms with Gasteiger partial charge in [-0.25, -0.2) is 14.2 Å². The molecule has 2 bridgehead atoms. The normalized spacial score (nSPS) is 26.7. The van der Waals surface area contributed by atoms with Crippen molar-refractivity contribution in [2.75, 3.05) is 18.0 Å². The molecule has 0 N–H and O–H groups in total. The zero-order valence-corrected chi connectivity index (χ0v) is 17.1. The van der Waals surface area contributed by atoms with Gasteiger partial charge in [0.15, 0.2) is 5.82 Å². The van der Waals surface area contributed by atoms with Crippen LogP contribution in [0.2, 0.25) is 0 Å². The molecule has 11 heteroatoms. The second kappa shape index (κ2) is 6.98. The summed E-state index contributed by atoms with van der Waals surface area (Å²) in [6.07, 6.45) is 8.53. The van der Waals surface area contributed by atoms with E-state index in [1.807, 2.05) is 11.0 Å². The van der Waals surface area contributed by atoms with E-state index in [1.54, 1.807) is 10.7 Å². The van der Waals surface area contributed by atoms with Gasteiger partial charge in [-0.15, -0.1) is 0 Å². The van der Waals surface area contributed by atoms with Crippen molar-refractivity contribution in [1.29, 1.82) is 5.26 Å². The standard InChI is InChI=1S/C21H20F2N8O/c22-21(23)30-8-14(6-26-30)13-4-18-19(25-11-27-29(18)7-13)28-9-15-1-2-16(10-28)31(15)20(32)17-3-12(17)5-24/h4,6-8,11-12,15-17,21H,1-3,9-10H2/t12-,15?,16?,17+/m1/s1. The lowest BCUT2D eigenvalue weighted by molar-refractivity contribution is -0.136. The third-order valence-electron chi connectivity index (χ3n) is 6.83. The predicted octanol–water partition coefficient (Wildman–Crippen LogP) is 2.33. The molecule has 2 unspecified atom stereocenters. The molecule has 0 spiro atoms. The van der Waals surface area contributed by atoms with Gasteiger partial charge in [0, 0.05) is 48.7 Å². The zero-order valence-electron chi connectivity index (χ0n) is 17.1. The van der Waals surface area contributed by atoms with Crippen molar-refractivity contribution in [3.05, 3.63) is 31.0 Å². The SMILES string of the molecule is N#C[C@H]1C[C@@H]1C(=O)N1C2CCC1CN(c1ncnn3cc(-c4cnn(C(F)F)c4)cc13)C2. The third kappa shape index (κ3) is 2.93. The van der Waals surface area contributed by atoms with Gasteiger partial charge in [-0.05, 0) is 25.3 Å². The van der Waals surface area contributed by atoms with Crippen LogP contribution in [0, 0.1) is 23.2 Å². The highest BCUT2D eigenvalue weighted by molar-refractivity contribution is 5.84. The van der Waals surface area contributed by atoms with E-state index in [9.17, 15) is 13.6 Å². The molecule has 3 fully saturated rings. The van der Waals surface area contributed by atoms with Crippen LogP contribution in [0.1, 0.15) is 25.8 Å². The Morgan fingerprint density at radius 3 is 2.59 bits per heavy atom. The highest BCUT2D eigenvalue weighted by Crippen LogP contribution is 2.43. The molecule has 3 aliphatic rings. The molecule has 3 aromatic rings. The van der Waals surface area contributed by atoms with E-state index >= 15 is 0 Å². The Bertz CT molecular complexity index is 1230. The topological polar surface area (TPSA) is 95.3 Å². The molecule has 2 saturated heterocycles. The van der Waals surface area contributed by atoms with Crippen LogP contribution in [0.4, 0.5) is 14.6 Å². The number of alkyl halides is 2. The van der Waals surface area contributed by atoms with Crippen LogP contribution in [-0.4, -0.2) is 60.4 Å². The fourth-order valence-corrected chi connectivity index (χ4v) is 5.15. The number of hydrogen-bond acceptors (Lipinski definition) is 6. The highest BCUT2D eigenvalue weighted by atomic mass is 19.3. The van der Waals surface area contributed by atoms with Crippen molar-refractivity contribution in [3.8, 4) is 17.2 Å². The molecule has 164 valence electrons. The first-order valence-corrected chi connectivity index (χ1v) is 10.7. The van der Waals surface area contributed by atoms with Crippen LogP contribution in [0.5, 0.6) is 0 Å². The van der Waals surface area contributed by atoms with Crippen molar-refractivity contribution >= 4 is 17.2 Å². The molecule has 1 amide bonds. The lowest BCUT2D eigenvalue weighted by atomic mass is 10.1. The number of nitrogens with zero attached hydrogens (tertiary/aromatic N) is 8. The van der Waals surface area contributed by atoms with Gasteiger partial charge in [0.05, 0.1) is 24.1 Å². The summed E-state index contributed by atoms with van der Waals surface area (Å²) in [5, 5.41) is 17.1. The van der Waals surface area contributed by atoms with Crippen LogP contribution in [-0.2, 0) is 4.79 Å². The summed E-state index contributed by atoms with van der Waals surface area (Å²) < 4.78 is 28.1. The first-order chi connectivity index (χ1) is 15.5. The molecule has 0 aromatic carbocycles. The Morgan fingerprint density at radius 1 is 1.16 bits per heavy atom. The number of nitriles is 1. The Morgan fingerprint density at radius 2 is 1.94 bits per heavy atom. The lowest BCUT2D eigenvalue weighted by Gasteiger charge is -2.41. The molecular formula is C21H20F2N8O. The van der Waals surface area contributed by atoms with Crippen molar-refractivity contribution < 1.29 is 13.6 Å². The van der Waals surface area contributed by atoms with Gasteiger partial charge in [0.2, 0.25) is 5.91 Å². The van der Waals surface area contributed by atoms with Crippen LogP contribution in [0.15, 0.2) is 31.0 Å². The second-order valence-electron chi connectivity index (χ2n) is 8.74. The molecule has 2 aliphatic heterocycles. The molecule has 6 rings (SSSR count). The third-order valence-corrected chi connectivity index (χ3v) is 6.83. The van der Waals surface area contributed by atoms with E-state index in [0.717, 1.165) is 29.7 Å². The maximum Gasteiger partial charge on any atom is 0.333 e. The van der Waals surface area contributed by atoms with Gasteiger partial charge in [0.1, 0.15) is 11.8 Å². The van der Waals surface area contributed by atoms with Crippen molar-refractivity contribution in [1.82, 2.24) is 29.3 Å². The van der Waals surface area contributed by atoms with E-state index in [0.29, 0.717) is 29.8 Å². The van der Waals surface area contributed by atoms with Crippen molar-refractivity contribution in [2.45, 2.75) is 37.9 Å². The number of carbonyl (C=O) groups excluding carboxylic acids is 1. The summed E-state index contributed by atoms with van der Waals surface area (Å²) in [7, 11) is 0. The molecule has 1 saturated carbocycles. The highest BCUT2D eigenvalue weighted by Gasteiger charge is 2.51. The Kier molecular flexibility index (Phi) is 4.18. The Labute approximate surface area is 181 Å². The summed E-state index contributed by atoms with van der Waals surface area (Å²) in [6, 6.07) is 4.30. The average molecular weight is 438 g/mol. The number of piperazine rings is 1. The molecule has 32 heavy (non-hydrogen) atoms. The van der Waals surface area contributed by atoms with E-state index in [2.05, 4.69) is 26.2 Å². The minimum atomic E-state index is -2.69. The number of halogens is 2. The number of aromatic nitrogens is 5. The van der Waals surface area contributed by atoms with Crippen LogP contribution < -0.4 is 4.90 Å². The van der Waals surface area contributed by atoms with E-state index < -0.39 is 6.55 Å². The summed E-state index contributed by atoms with van der Waals surface area (Å²) in [6.45, 7) is -1.35. The number of anilines is 1. The number of fused-ring (bicyclic) bond motifs is 3. The summed E-state index contributed by atoms with van der Waals surface area (Å²) >= 11 is 0. The minimum Gasteiger partial charge on any atom is -0.351 e. The molecule has 5 heterocycles. The lowest BCUT2D eigenvalue weighted by Crippen LogP contribution is -2.56. The first-order valence-electron chi connectivity index (χ1n) is 10.7. The van der Waals surface area contributed by atoms with E-state index in [-0.39, 0.29) is 29.8 Å². The van der Waals surface area contributed by atoms with Gasteiger partial charge in [-0.1, -0.05) is 0 Å². The Hall–Kier alpha value is -3.55. The number of rotatable bonds is 4. The molecule has 4 atom stereocenters. The Balaban J connectivity index is 1.27. The average Bonchev–Trinajstić information content (AvgIpc) is 3.09. The fraction of sp³-hybridized carbons (Fsp3) is 0.476. The van der Waals surface area contributed by atoms with Crippen LogP contribution in [0.3, 0.4) is 0 Å². The molecule has 0 radical (unpaired) electrons. The fourth-order valence-electron chi connectivity index (χ4n) is 5.15. The molecule has 1 aliphatic carbocycles. The number of carbonyl (C=O) groups is 1. The second-order valence-corrected chi connectivity index (χ2v) is 8.74. The quantitative estimate of drug-likeness (QED) is 0.621. The van der Waals surface area contributed by atoms with Gasteiger partial charge in [0.25, 0.3) is 0 Å². The van der Waals surface area contributed by atoms with E-state index in [4.69, 9.17) is 5.26 Å². The van der Waals surface area contributed by atoms with Gasteiger partial charge in [-0.2, -0.15) is 24.2 Å². The predicted molar refractivity (Wildman–Crippen MR) is 109 cm³/mol. The zero-order chi connectivity index (χ0) is 22.0. The van der Waals surface area contributed by atoms with Gasteiger partial charge in [-0.3, -0.25) is 4.79 Å². The van der Waals surface area contributed by atoms with Crippen molar-refractivity contribution in [2.24, 2.45) is 11.8 Å². The minimum absolute atomic E-state index is 0.106. The molecule has 9 nitrogen and oxygen atoms in total. The maximum absolute atomic E-state index is 12.9. The summed E-state index contributed by atoms with van der Waals surface area (Å²) in [5.41, 5.74) is 2.08. The number of hydrogen-bond donors (Lipinski definition) is 0.